The van der Waals surface area contributed by atoms with Crippen molar-refractivity contribution in [2.75, 3.05) is 7.11 Å². The molecule has 0 radical (unpaired) electrons. The van der Waals surface area contributed by atoms with Crippen molar-refractivity contribution in [2.45, 2.75) is 32.6 Å². The number of carbonyl (C=O) groups excluding carboxylic acids is 2. The Kier molecular flexibility index (Phi) is 2.95. The summed E-state index contributed by atoms with van der Waals surface area (Å²) < 4.78 is 10.3. The first-order valence-corrected chi connectivity index (χ1v) is 7.97. The van der Waals surface area contributed by atoms with Crippen molar-refractivity contribution in [1.82, 2.24) is 0 Å². The molecule has 0 spiro atoms. The average Bonchev–Trinajstić information content (AvgIpc) is 3.14. The molecule has 1 aromatic heterocycles. The van der Waals surface area contributed by atoms with Gasteiger partial charge in [-0.15, -0.1) is 0 Å². The van der Waals surface area contributed by atoms with Crippen LogP contribution in [0.3, 0.4) is 0 Å². The van der Waals surface area contributed by atoms with Crippen LogP contribution in [0.1, 0.15) is 52.7 Å². The van der Waals surface area contributed by atoms with E-state index in [0.29, 0.717) is 23.8 Å². The highest BCUT2D eigenvalue weighted by Crippen LogP contribution is 2.56. The zero-order chi connectivity index (χ0) is 17.2. The molecule has 124 valence electrons. The minimum absolute atomic E-state index is 0.0241. The van der Waals surface area contributed by atoms with Gasteiger partial charge in [0.15, 0.2) is 11.3 Å². The molecule has 5 nitrogen and oxygen atoms in total. The van der Waals surface area contributed by atoms with E-state index in [9.17, 15) is 14.7 Å². The quantitative estimate of drug-likeness (QED) is 0.808. The number of ketones is 1. The van der Waals surface area contributed by atoms with Crippen molar-refractivity contribution in [3.8, 4) is 5.75 Å². The number of hydrogen-bond donors (Lipinski definition) is 1. The SMILES string of the molecule is COC(=O)c1coc2c(O)c3c(c(C)c12)C=C[C@]1(C)C(=O)CC[C@@H]31. The van der Waals surface area contributed by atoms with Gasteiger partial charge in [0, 0.05) is 23.3 Å². The van der Waals surface area contributed by atoms with Crippen LogP contribution >= 0.6 is 0 Å². The number of furan rings is 1. The van der Waals surface area contributed by atoms with E-state index in [-0.39, 0.29) is 23.0 Å². The molecule has 2 aromatic rings. The lowest BCUT2D eigenvalue weighted by Crippen LogP contribution is -2.28. The highest BCUT2D eigenvalue weighted by Gasteiger charge is 2.49. The normalized spacial score (nSPS) is 25.0. The molecular formula is C19H18O5. The van der Waals surface area contributed by atoms with E-state index in [2.05, 4.69) is 0 Å². The van der Waals surface area contributed by atoms with Gasteiger partial charge in [-0.1, -0.05) is 12.2 Å². The Morgan fingerprint density at radius 2 is 2.21 bits per heavy atom. The van der Waals surface area contributed by atoms with Crippen LogP contribution in [-0.2, 0) is 9.53 Å². The highest BCUT2D eigenvalue weighted by atomic mass is 16.5. The van der Waals surface area contributed by atoms with Crippen molar-refractivity contribution in [3.05, 3.63) is 34.6 Å². The molecule has 4 rings (SSSR count). The summed E-state index contributed by atoms with van der Waals surface area (Å²) >= 11 is 0. The summed E-state index contributed by atoms with van der Waals surface area (Å²) in [5.41, 5.74) is 2.47. The van der Waals surface area contributed by atoms with Gasteiger partial charge in [-0.25, -0.2) is 4.79 Å². The van der Waals surface area contributed by atoms with Gasteiger partial charge in [0.1, 0.15) is 17.6 Å². The minimum Gasteiger partial charge on any atom is -0.504 e. The Morgan fingerprint density at radius 3 is 2.92 bits per heavy atom. The standard InChI is InChI=1S/C19H18O5/c1-9-10-6-7-19(2)12(4-5-13(19)20)15(10)16(21)17-14(9)11(8-24-17)18(22)23-3/h6-8,12,21H,4-5H2,1-3H3/t12-,19-/m0/s1. The van der Waals surface area contributed by atoms with Crippen LogP contribution < -0.4 is 0 Å². The molecule has 1 saturated carbocycles. The molecule has 5 heteroatoms. The number of aromatic hydroxyl groups is 1. The second-order valence-electron chi connectivity index (χ2n) is 6.78. The number of allylic oxidation sites excluding steroid dienone is 1. The van der Waals surface area contributed by atoms with Crippen LogP contribution in [0.15, 0.2) is 16.8 Å². The number of methoxy groups -OCH3 is 1. The first-order chi connectivity index (χ1) is 11.4. The van der Waals surface area contributed by atoms with E-state index in [1.807, 2.05) is 26.0 Å². The van der Waals surface area contributed by atoms with E-state index in [4.69, 9.17) is 9.15 Å². The van der Waals surface area contributed by atoms with Gasteiger partial charge in [-0.2, -0.15) is 0 Å². The van der Waals surface area contributed by atoms with Crippen molar-refractivity contribution in [1.29, 1.82) is 0 Å². The number of hydrogen-bond acceptors (Lipinski definition) is 5. The van der Waals surface area contributed by atoms with Crippen LogP contribution in [0.5, 0.6) is 5.75 Å². The first-order valence-electron chi connectivity index (χ1n) is 7.97. The molecule has 2 aliphatic rings. The molecule has 0 unspecified atom stereocenters. The number of carbonyl (C=O) groups is 2. The molecular weight excluding hydrogens is 308 g/mol. The number of aryl methyl sites for hydroxylation is 1. The molecule has 1 heterocycles. The van der Waals surface area contributed by atoms with Crippen molar-refractivity contribution < 1.29 is 23.8 Å². The Morgan fingerprint density at radius 1 is 1.46 bits per heavy atom. The van der Waals surface area contributed by atoms with E-state index in [0.717, 1.165) is 16.7 Å². The van der Waals surface area contributed by atoms with E-state index in [1.54, 1.807) is 0 Å². The largest absolute Gasteiger partial charge is 0.504 e. The number of Topliss-reactive ketones (excluding diaryl/α,β-unsaturated/α-hetero) is 1. The lowest BCUT2D eigenvalue weighted by Gasteiger charge is -2.33. The fourth-order valence-electron chi connectivity index (χ4n) is 4.27. The Balaban J connectivity index is 2.06. The van der Waals surface area contributed by atoms with Gasteiger partial charge in [0.25, 0.3) is 0 Å². The second kappa shape index (κ2) is 4.72. The molecule has 0 saturated heterocycles. The van der Waals surface area contributed by atoms with Crippen LogP contribution in [0.25, 0.3) is 17.0 Å². The van der Waals surface area contributed by atoms with E-state index < -0.39 is 11.4 Å². The lowest BCUT2D eigenvalue weighted by atomic mass is 9.69. The van der Waals surface area contributed by atoms with Crippen molar-refractivity contribution in [2.24, 2.45) is 5.41 Å². The summed E-state index contributed by atoms with van der Waals surface area (Å²) in [5.74, 6) is -0.353. The maximum Gasteiger partial charge on any atom is 0.341 e. The predicted octanol–water partition coefficient (Wildman–Crippen LogP) is 3.71. The fourth-order valence-corrected chi connectivity index (χ4v) is 4.27. The molecule has 1 fully saturated rings. The Bertz CT molecular complexity index is 933. The number of fused-ring (bicyclic) bond motifs is 4. The maximum absolute atomic E-state index is 12.3. The molecule has 2 atom stereocenters. The zero-order valence-electron chi connectivity index (χ0n) is 13.8. The smallest absolute Gasteiger partial charge is 0.341 e. The third-order valence-electron chi connectivity index (χ3n) is 5.67. The number of phenols is 1. The van der Waals surface area contributed by atoms with Gasteiger partial charge in [-0.3, -0.25) is 4.79 Å². The fraction of sp³-hybridized carbons (Fsp3) is 0.368. The molecule has 0 aliphatic heterocycles. The van der Waals surface area contributed by atoms with Crippen LogP contribution in [0.4, 0.5) is 0 Å². The summed E-state index contributed by atoms with van der Waals surface area (Å²) in [4.78, 5) is 24.3. The zero-order valence-corrected chi connectivity index (χ0v) is 13.8. The summed E-state index contributed by atoms with van der Waals surface area (Å²) in [7, 11) is 1.31. The maximum atomic E-state index is 12.3. The Hall–Kier alpha value is -2.56. The third kappa shape index (κ3) is 1.64. The molecule has 2 aliphatic carbocycles. The lowest BCUT2D eigenvalue weighted by molar-refractivity contribution is -0.123. The monoisotopic (exact) mass is 326 g/mol. The molecule has 1 N–H and O–H groups in total. The highest BCUT2D eigenvalue weighted by molar-refractivity contribution is 6.08. The first kappa shape index (κ1) is 15.0. The van der Waals surface area contributed by atoms with Crippen LogP contribution in [0, 0.1) is 12.3 Å². The number of phenolic OH excluding ortho intramolecular Hbond substituents is 1. The molecule has 1 aromatic carbocycles. The average molecular weight is 326 g/mol. The Labute approximate surface area is 138 Å². The predicted molar refractivity (Wildman–Crippen MR) is 88.1 cm³/mol. The molecule has 0 amide bonds. The second-order valence-corrected chi connectivity index (χ2v) is 6.78. The van der Waals surface area contributed by atoms with E-state index in [1.165, 1.54) is 13.4 Å². The minimum atomic E-state index is -0.581. The summed E-state index contributed by atoms with van der Waals surface area (Å²) in [5, 5.41) is 11.4. The van der Waals surface area contributed by atoms with Crippen LogP contribution in [-0.4, -0.2) is 24.0 Å². The third-order valence-corrected chi connectivity index (χ3v) is 5.67. The van der Waals surface area contributed by atoms with E-state index >= 15 is 0 Å². The van der Waals surface area contributed by atoms with Gasteiger partial charge >= 0.3 is 5.97 Å². The van der Waals surface area contributed by atoms with Crippen molar-refractivity contribution >= 4 is 28.8 Å². The number of benzene rings is 1. The van der Waals surface area contributed by atoms with Crippen molar-refractivity contribution in [3.63, 3.8) is 0 Å². The molecule has 0 bridgehead atoms. The van der Waals surface area contributed by atoms with Gasteiger partial charge in [0.05, 0.1) is 12.5 Å². The summed E-state index contributed by atoms with van der Waals surface area (Å²) in [6.07, 6.45) is 6.35. The van der Waals surface area contributed by atoms with Gasteiger partial charge in [0.2, 0.25) is 0 Å². The van der Waals surface area contributed by atoms with Crippen LogP contribution in [0.2, 0.25) is 0 Å². The number of ether oxygens (including phenoxy) is 1. The number of esters is 1. The molecule has 24 heavy (non-hydrogen) atoms. The number of rotatable bonds is 1. The van der Waals surface area contributed by atoms with Gasteiger partial charge in [-0.05, 0) is 31.4 Å². The summed E-state index contributed by atoms with van der Waals surface area (Å²) in [6.45, 7) is 3.82. The topological polar surface area (TPSA) is 76.7 Å². The van der Waals surface area contributed by atoms with Gasteiger partial charge < -0.3 is 14.3 Å². The summed E-state index contributed by atoms with van der Waals surface area (Å²) in [6, 6.07) is 0.